The molecular formula is C10H18N2O2. The number of hydrogen-bond acceptors (Lipinski definition) is 3. The van der Waals surface area contributed by atoms with Gasteiger partial charge in [0.1, 0.15) is 6.10 Å². The number of likely N-dealkylation sites (tertiary alicyclic amines) is 1. The van der Waals surface area contributed by atoms with Crippen LogP contribution in [0.1, 0.15) is 26.2 Å². The quantitative estimate of drug-likeness (QED) is 0.685. The summed E-state index contributed by atoms with van der Waals surface area (Å²) in [4.78, 5) is 13.6. The van der Waals surface area contributed by atoms with E-state index in [-0.39, 0.29) is 17.6 Å². The topological polar surface area (TPSA) is 55.6 Å². The fourth-order valence-corrected chi connectivity index (χ4v) is 2.07. The summed E-state index contributed by atoms with van der Waals surface area (Å²) in [5, 5.41) is 0. The van der Waals surface area contributed by atoms with Gasteiger partial charge in [0.25, 0.3) is 5.91 Å². The van der Waals surface area contributed by atoms with E-state index >= 15 is 0 Å². The Morgan fingerprint density at radius 3 is 2.86 bits per heavy atom. The second-order valence-corrected chi connectivity index (χ2v) is 4.41. The lowest BCUT2D eigenvalue weighted by Gasteiger charge is -2.48. The van der Waals surface area contributed by atoms with E-state index in [1.165, 1.54) is 0 Å². The van der Waals surface area contributed by atoms with Gasteiger partial charge in [-0.1, -0.05) is 6.92 Å². The summed E-state index contributed by atoms with van der Waals surface area (Å²) in [6, 6.07) is 0. The third kappa shape index (κ3) is 1.64. The minimum Gasteiger partial charge on any atom is -0.368 e. The first-order chi connectivity index (χ1) is 6.64. The van der Waals surface area contributed by atoms with Crippen LogP contribution in [0.2, 0.25) is 0 Å². The van der Waals surface area contributed by atoms with Crippen molar-refractivity contribution in [1.82, 2.24) is 4.90 Å². The number of ether oxygens (including phenoxy) is 1. The molecule has 2 fully saturated rings. The van der Waals surface area contributed by atoms with E-state index in [0.29, 0.717) is 13.1 Å². The molecule has 2 N–H and O–H groups in total. The van der Waals surface area contributed by atoms with Gasteiger partial charge < -0.3 is 15.4 Å². The minimum absolute atomic E-state index is 0.131. The molecule has 2 aliphatic rings. The van der Waals surface area contributed by atoms with Crippen LogP contribution in [0.25, 0.3) is 0 Å². The fourth-order valence-electron chi connectivity index (χ4n) is 2.07. The summed E-state index contributed by atoms with van der Waals surface area (Å²) in [6.45, 7) is 4.18. The molecule has 2 rings (SSSR count). The van der Waals surface area contributed by atoms with Crippen LogP contribution in [0.4, 0.5) is 0 Å². The fraction of sp³-hybridized carbons (Fsp3) is 0.900. The van der Waals surface area contributed by atoms with Crippen LogP contribution in [0.15, 0.2) is 0 Å². The Morgan fingerprint density at radius 1 is 1.64 bits per heavy atom. The molecule has 2 aliphatic heterocycles. The highest BCUT2D eigenvalue weighted by molar-refractivity contribution is 5.82. The maximum atomic E-state index is 11.8. The zero-order chi connectivity index (χ0) is 10.2. The van der Waals surface area contributed by atoms with Crippen molar-refractivity contribution in [2.75, 3.05) is 19.7 Å². The lowest BCUT2D eigenvalue weighted by Crippen LogP contribution is -2.69. The zero-order valence-electron chi connectivity index (χ0n) is 8.66. The van der Waals surface area contributed by atoms with Gasteiger partial charge in [-0.2, -0.15) is 0 Å². The first-order valence-electron chi connectivity index (χ1n) is 5.34. The zero-order valence-corrected chi connectivity index (χ0v) is 8.66. The average Bonchev–Trinajstić information content (AvgIpc) is 2.64. The molecule has 0 saturated carbocycles. The van der Waals surface area contributed by atoms with Crippen LogP contribution in [0.5, 0.6) is 0 Å². The number of hydrogen-bond donors (Lipinski definition) is 1. The van der Waals surface area contributed by atoms with Gasteiger partial charge in [-0.15, -0.1) is 0 Å². The Kier molecular flexibility index (Phi) is 2.49. The van der Waals surface area contributed by atoms with E-state index in [1.807, 2.05) is 4.90 Å². The second-order valence-electron chi connectivity index (χ2n) is 4.41. The van der Waals surface area contributed by atoms with Gasteiger partial charge in [-0.25, -0.2) is 0 Å². The van der Waals surface area contributed by atoms with Gasteiger partial charge in [0.05, 0.1) is 5.54 Å². The lowest BCUT2D eigenvalue weighted by molar-refractivity contribution is -0.148. The normalized spacial score (nSPS) is 30.1. The Balaban J connectivity index is 1.84. The molecule has 0 bridgehead atoms. The second kappa shape index (κ2) is 3.51. The Bertz CT molecular complexity index is 230. The first-order valence-corrected chi connectivity index (χ1v) is 5.34. The van der Waals surface area contributed by atoms with Crippen LogP contribution in [-0.4, -0.2) is 42.1 Å². The average molecular weight is 198 g/mol. The van der Waals surface area contributed by atoms with Crippen molar-refractivity contribution in [3.8, 4) is 0 Å². The highest BCUT2D eigenvalue weighted by atomic mass is 16.5. The molecule has 2 saturated heterocycles. The summed E-state index contributed by atoms with van der Waals surface area (Å²) < 4.78 is 5.34. The molecule has 0 spiro atoms. The van der Waals surface area contributed by atoms with Gasteiger partial charge in [-0.05, 0) is 19.3 Å². The van der Waals surface area contributed by atoms with E-state index in [0.717, 1.165) is 25.9 Å². The van der Waals surface area contributed by atoms with Crippen molar-refractivity contribution in [3.05, 3.63) is 0 Å². The van der Waals surface area contributed by atoms with Crippen molar-refractivity contribution < 1.29 is 9.53 Å². The minimum atomic E-state index is -0.184. The van der Waals surface area contributed by atoms with Gasteiger partial charge in [-0.3, -0.25) is 4.79 Å². The third-order valence-electron chi connectivity index (χ3n) is 3.23. The molecule has 0 aromatic carbocycles. The summed E-state index contributed by atoms with van der Waals surface area (Å²) in [7, 11) is 0. The number of nitrogens with zero attached hydrogens (tertiary/aromatic N) is 1. The van der Waals surface area contributed by atoms with Crippen molar-refractivity contribution >= 4 is 5.91 Å². The van der Waals surface area contributed by atoms with Crippen LogP contribution in [0, 0.1) is 0 Å². The standard InChI is InChI=1S/C10H18N2O2/c1-2-10(11)6-12(7-10)9(13)8-4-3-5-14-8/h8H,2-7,11H2,1H3. The SMILES string of the molecule is CCC1(N)CN(C(=O)C2CCCO2)C1. The molecule has 80 valence electrons. The lowest BCUT2D eigenvalue weighted by atomic mass is 9.88. The van der Waals surface area contributed by atoms with Gasteiger partial charge in [0.2, 0.25) is 0 Å². The Hall–Kier alpha value is -0.610. The van der Waals surface area contributed by atoms with E-state index in [9.17, 15) is 4.79 Å². The number of nitrogens with two attached hydrogens (primary N) is 1. The monoisotopic (exact) mass is 198 g/mol. The molecule has 4 heteroatoms. The van der Waals surface area contributed by atoms with Gasteiger partial charge >= 0.3 is 0 Å². The molecule has 0 aromatic heterocycles. The van der Waals surface area contributed by atoms with Crippen molar-refractivity contribution in [2.24, 2.45) is 5.73 Å². The van der Waals surface area contributed by atoms with Crippen LogP contribution in [0.3, 0.4) is 0 Å². The maximum absolute atomic E-state index is 11.8. The number of carbonyl (C=O) groups excluding carboxylic acids is 1. The molecule has 1 unspecified atom stereocenters. The largest absolute Gasteiger partial charge is 0.368 e. The first kappa shape index (κ1) is 9.93. The van der Waals surface area contributed by atoms with E-state index in [2.05, 4.69) is 6.92 Å². The molecule has 4 nitrogen and oxygen atoms in total. The van der Waals surface area contributed by atoms with Crippen molar-refractivity contribution in [3.63, 3.8) is 0 Å². The van der Waals surface area contributed by atoms with Crippen molar-refractivity contribution in [1.29, 1.82) is 0 Å². The molecule has 0 aromatic rings. The Labute approximate surface area is 84.4 Å². The highest BCUT2D eigenvalue weighted by Gasteiger charge is 2.43. The summed E-state index contributed by atoms with van der Waals surface area (Å²) in [6.07, 6.45) is 2.63. The van der Waals surface area contributed by atoms with Gasteiger partial charge in [0, 0.05) is 19.7 Å². The van der Waals surface area contributed by atoms with E-state index in [1.54, 1.807) is 0 Å². The molecule has 1 atom stereocenters. The van der Waals surface area contributed by atoms with Crippen LogP contribution < -0.4 is 5.73 Å². The van der Waals surface area contributed by atoms with Crippen molar-refractivity contribution in [2.45, 2.75) is 37.8 Å². The summed E-state index contributed by atoms with van der Waals surface area (Å²) in [5.41, 5.74) is 5.86. The predicted molar refractivity (Wildman–Crippen MR) is 52.8 cm³/mol. The number of rotatable bonds is 2. The van der Waals surface area contributed by atoms with E-state index in [4.69, 9.17) is 10.5 Å². The van der Waals surface area contributed by atoms with Crippen LogP contribution >= 0.6 is 0 Å². The predicted octanol–water partition coefficient (Wildman–Crippen LogP) is 0.115. The molecule has 0 aliphatic carbocycles. The molecule has 2 heterocycles. The van der Waals surface area contributed by atoms with Crippen LogP contribution in [-0.2, 0) is 9.53 Å². The molecule has 0 radical (unpaired) electrons. The summed E-state index contributed by atoms with van der Waals surface area (Å²) >= 11 is 0. The smallest absolute Gasteiger partial charge is 0.251 e. The number of amides is 1. The van der Waals surface area contributed by atoms with Gasteiger partial charge in [0.15, 0.2) is 0 Å². The maximum Gasteiger partial charge on any atom is 0.251 e. The summed E-state index contributed by atoms with van der Waals surface area (Å²) in [5.74, 6) is 0.136. The number of carbonyl (C=O) groups is 1. The van der Waals surface area contributed by atoms with E-state index < -0.39 is 0 Å². The molecule has 1 amide bonds. The Morgan fingerprint density at radius 2 is 2.36 bits per heavy atom. The third-order valence-corrected chi connectivity index (χ3v) is 3.23. The highest BCUT2D eigenvalue weighted by Crippen LogP contribution is 2.24. The molecular weight excluding hydrogens is 180 g/mol. The molecule has 14 heavy (non-hydrogen) atoms.